The number of primary amides is 1. The molecule has 0 aliphatic rings. The summed E-state index contributed by atoms with van der Waals surface area (Å²) in [4.78, 5) is 22.2. The van der Waals surface area contributed by atoms with Gasteiger partial charge >= 0.3 is 6.03 Å². The van der Waals surface area contributed by atoms with Crippen LogP contribution in [-0.2, 0) is 14.8 Å². The zero-order chi connectivity index (χ0) is 16.0. The average Bonchev–Trinajstić information content (AvgIpc) is 2.44. The molecule has 0 aliphatic heterocycles. The molecule has 0 saturated heterocycles. The SMILES string of the molecule is CCOc1ccccc1S(=O)(=O)N(C)C(=O)NCC(N)=O. The van der Waals surface area contributed by atoms with Gasteiger partial charge in [-0.3, -0.25) is 4.79 Å². The summed E-state index contributed by atoms with van der Waals surface area (Å²) in [5.74, 6) is -0.626. The Balaban J connectivity index is 3.05. The molecule has 8 nitrogen and oxygen atoms in total. The molecule has 3 N–H and O–H groups in total. The molecule has 116 valence electrons. The smallest absolute Gasteiger partial charge is 0.331 e. The van der Waals surface area contributed by atoms with Gasteiger partial charge in [-0.2, -0.15) is 0 Å². The number of benzene rings is 1. The van der Waals surface area contributed by atoms with Gasteiger partial charge in [-0.25, -0.2) is 17.5 Å². The molecule has 0 spiro atoms. The Morgan fingerprint density at radius 3 is 2.52 bits per heavy atom. The number of para-hydroxylation sites is 1. The van der Waals surface area contributed by atoms with Crippen LogP contribution in [0.5, 0.6) is 5.75 Å². The molecule has 9 heteroatoms. The van der Waals surface area contributed by atoms with Crippen LogP contribution in [-0.4, -0.2) is 44.9 Å². The van der Waals surface area contributed by atoms with Crippen LogP contribution >= 0.6 is 0 Å². The van der Waals surface area contributed by atoms with Gasteiger partial charge in [0.1, 0.15) is 10.6 Å². The second-order valence-corrected chi connectivity index (χ2v) is 5.91. The first-order valence-corrected chi connectivity index (χ1v) is 7.51. The van der Waals surface area contributed by atoms with E-state index in [9.17, 15) is 18.0 Å². The molecular weight excluding hydrogens is 298 g/mol. The molecule has 1 rings (SSSR count). The molecule has 1 aromatic rings. The third-order valence-corrected chi connectivity index (χ3v) is 4.27. The van der Waals surface area contributed by atoms with Gasteiger partial charge < -0.3 is 15.8 Å². The summed E-state index contributed by atoms with van der Waals surface area (Å²) in [6.07, 6.45) is 0. The van der Waals surface area contributed by atoms with Gasteiger partial charge in [0, 0.05) is 7.05 Å². The maximum atomic E-state index is 12.4. The van der Waals surface area contributed by atoms with Crippen LogP contribution in [0.25, 0.3) is 0 Å². The fraction of sp³-hybridized carbons (Fsp3) is 0.333. The van der Waals surface area contributed by atoms with Gasteiger partial charge in [-0.1, -0.05) is 12.1 Å². The Hall–Kier alpha value is -2.29. The Kier molecular flexibility index (Phi) is 5.53. The largest absolute Gasteiger partial charge is 0.492 e. The third-order valence-electron chi connectivity index (χ3n) is 2.49. The molecule has 0 aromatic heterocycles. The molecule has 0 bridgehead atoms. The second-order valence-electron chi connectivity index (χ2n) is 3.98. The van der Waals surface area contributed by atoms with E-state index in [-0.39, 0.29) is 17.3 Å². The summed E-state index contributed by atoms with van der Waals surface area (Å²) in [6, 6.07) is 5.01. The number of nitrogens with two attached hydrogens (primary N) is 1. The van der Waals surface area contributed by atoms with E-state index in [0.717, 1.165) is 7.05 Å². The Morgan fingerprint density at radius 1 is 1.33 bits per heavy atom. The van der Waals surface area contributed by atoms with E-state index in [2.05, 4.69) is 5.32 Å². The highest BCUT2D eigenvalue weighted by Crippen LogP contribution is 2.25. The van der Waals surface area contributed by atoms with Crippen LogP contribution in [0.1, 0.15) is 6.92 Å². The minimum absolute atomic E-state index is 0.136. The van der Waals surface area contributed by atoms with Crippen molar-refractivity contribution in [3.05, 3.63) is 24.3 Å². The van der Waals surface area contributed by atoms with E-state index in [1.807, 2.05) is 0 Å². The van der Waals surface area contributed by atoms with Gasteiger partial charge in [0.25, 0.3) is 10.0 Å². The molecule has 0 heterocycles. The number of hydrogen-bond donors (Lipinski definition) is 2. The average molecular weight is 315 g/mol. The number of urea groups is 1. The number of carbonyl (C=O) groups excluding carboxylic acids is 2. The van der Waals surface area contributed by atoms with E-state index in [1.165, 1.54) is 18.2 Å². The lowest BCUT2D eigenvalue weighted by molar-refractivity contribution is -0.117. The van der Waals surface area contributed by atoms with E-state index < -0.39 is 28.5 Å². The van der Waals surface area contributed by atoms with Crippen molar-refractivity contribution in [3.63, 3.8) is 0 Å². The number of amides is 3. The molecule has 0 atom stereocenters. The van der Waals surface area contributed by atoms with Crippen molar-refractivity contribution < 1.29 is 22.7 Å². The van der Waals surface area contributed by atoms with Crippen LogP contribution in [0, 0.1) is 0 Å². The molecule has 3 amide bonds. The van der Waals surface area contributed by atoms with Crippen molar-refractivity contribution in [3.8, 4) is 5.75 Å². The fourth-order valence-electron chi connectivity index (χ4n) is 1.47. The molecule has 0 unspecified atom stereocenters. The Morgan fingerprint density at radius 2 is 1.95 bits per heavy atom. The van der Waals surface area contributed by atoms with Crippen molar-refractivity contribution in [2.24, 2.45) is 5.73 Å². The lowest BCUT2D eigenvalue weighted by Crippen LogP contribution is -2.44. The number of sulfonamides is 1. The maximum absolute atomic E-state index is 12.4. The summed E-state index contributed by atoms with van der Waals surface area (Å²) in [6.45, 7) is 1.54. The van der Waals surface area contributed by atoms with E-state index in [4.69, 9.17) is 10.5 Å². The van der Waals surface area contributed by atoms with E-state index >= 15 is 0 Å². The lowest BCUT2D eigenvalue weighted by Gasteiger charge is -2.19. The summed E-state index contributed by atoms with van der Waals surface area (Å²) in [5, 5.41) is 2.10. The maximum Gasteiger partial charge on any atom is 0.331 e. The molecule has 21 heavy (non-hydrogen) atoms. The topological polar surface area (TPSA) is 119 Å². The summed E-state index contributed by atoms with van der Waals surface area (Å²) in [5.41, 5.74) is 4.88. The number of hydrogen-bond acceptors (Lipinski definition) is 5. The van der Waals surface area contributed by atoms with Gasteiger partial charge in [0.05, 0.1) is 13.2 Å². The van der Waals surface area contributed by atoms with Crippen molar-refractivity contribution in [1.29, 1.82) is 0 Å². The zero-order valence-electron chi connectivity index (χ0n) is 11.7. The monoisotopic (exact) mass is 315 g/mol. The summed E-state index contributed by atoms with van der Waals surface area (Å²) < 4.78 is 30.5. The van der Waals surface area contributed by atoms with Gasteiger partial charge in [0.15, 0.2) is 0 Å². The molecule has 0 fully saturated rings. The van der Waals surface area contributed by atoms with Crippen LogP contribution < -0.4 is 15.8 Å². The highest BCUT2D eigenvalue weighted by atomic mass is 32.2. The third kappa shape index (κ3) is 4.09. The quantitative estimate of drug-likeness (QED) is 0.760. The predicted molar refractivity (Wildman–Crippen MR) is 75.2 cm³/mol. The van der Waals surface area contributed by atoms with Crippen LogP contribution in [0.3, 0.4) is 0 Å². The van der Waals surface area contributed by atoms with E-state index in [1.54, 1.807) is 13.0 Å². The number of carbonyl (C=O) groups is 2. The molecule has 0 saturated carbocycles. The van der Waals surface area contributed by atoms with Gasteiger partial charge in [0.2, 0.25) is 5.91 Å². The van der Waals surface area contributed by atoms with Crippen molar-refractivity contribution in [1.82, 2.24) is 9.62 Å². The van der Waals surface area contributed by atoms with Crippen LogP contribution in [0.4, 0.5) is 4.79 Å². The van der Waals surface area contributed by atoms with Crippen molar-refractivity contribution in [2.75, 3.05) is 20.2 Å². The highest BCUT2D eigenvalue weighted by molar-refractivity contribution is 7.89. The highest BCUT2D eigenvalue weighted by Gasteiger charge is 2.28. The van der Waals surface area contributed by atoms with Gasteiger partial charge in [-0.15, -0.1) is 0 Å². The minimum atomic E-state index is -4.09. The number of ether oxygens (including phenoxy) is 1. The predicted octanol–water partition coefficient (Wildman–Crippen LogP) is -0.0993. The van der Waals surface area contributed by atoms with Crippen LogP contribution in [0.2, 0.25) is 0 Å². The van der Waals surface area contributed by atoms with Gasteiger partial charge in [-0.05, 0) is 19.1 Å². The fourth-order valence-corrected chi connectivity index (χ4v) is 2.68. The number of rotatable bonds is 6. The summed E-state index contributed by atoms with van der Waals surface area (Å²) in [7, 11) is -3.02. The summed E-state index contributed by atoms with van der Waals surface area (Å²) >= 11 is 0. The normalized spacial score (nSPS) is 10.8. The second kappa shape index (κ2) is 6.93. The first kappa shape index (κ1) is 16.8. The van der Waals surface area contributed by atoms with Crippen LogP contribution in [0.15, 0.2) is 29.2 Å². The Labute approximate surface area is 122 Å². The first-order valence-electron chi connectivity index (χ1n) is 6.07. The molecule has 0 aliphatic carbocycles. The zero-order valence-corrected chi connectivity index (χ0v) is 12.5. The van der Waals surface area contributed by atoms with E-state index in [0.29, 0.717) is 4.31 Å². The first-order chi connectivity index (χ1) is 9.80. The Bertz CT molecular complexity index is 630. The molecule has 1 aromatic carbocycles. The number of nitrogens with one attached hydrogen (secondary N) is 1. The molecular formula is C12H17N3O5S. The standard InChI is InChI=1S/C12H17N3O5S/c1-3-20-9-6-4-5-7-10(9)21(18,19)15(2)12(17)14-8-11(13)16/h4-7H,3,8H2,1-2H3,(H2,13,16)(H,14,17). The van der Waals surface area contributed by atoms with Crippen molar-refractivity contribution in [2.45, 2.75) is 11.8 Å². The minimum Gasteiger partial charge on any atom is -0.492 e. The van der Waals surface area contributed by atoms with Crippen molar-refractivity contribution >= 4 is 22.0 Å². The lowest BCUT2D eigenvalue weighted by atomic mass is 10.3. The molecule has 0 radical (unpaired) electrons. The number of nitrogens with zero attached hydrogens (tertiary/aromatic N) is 1.